The largest absolute Gasteiger partial charge is 0.480 e. The molecule has 0 radical (unpaired) electrons. The maximum Gasteiger partial charge on any atom is 0.232 e. The molecule has 1 aromatic carbocycles. The molecular formula is C15H16N2O. The molecule has 92 valence electrons. The highest BCUT2D eigenvalue weighted by atomic mass is 16.5. The lowest BCUT2D eigenvalue weighted by atomic mass is 9.68. The van der Waals surface area contributed by atoms with Gasteiger partial charge in [-0.1, -0.05) is 30.3 Å². The Bertz CT molecular complexity index is 527. The molecule has 1 aromatic heterocycles. The zero-order valence-corrected chi connectivity index (χ0v) is 10.4. The van der Waals surface area contributed by atoms with Gasteiger partial charge in [0, 0.05) is 12.1 Å². The van der Waals surface area contributed by atoms with Crippen molar-refractivity contribution in [3.63, 3.8) is 0 Å². The molecule has 2 atom stereocenters. The van der Waals surface area contributed by atoms with Crippen LogP contribution in [0.2, 0.25) is 0 Å². The van der Waals surface area contributed by atoms with Crippen molar-refractivity contribution in [3.8, 4) is 5.88 Å². The fourth-order valence-electron chi connectivity index (χ4n) is 2.59. The predicted molar refractivity (Wildman–Crippen MR) is 69.7 cm³/mol. The molecule has 2 aromatic rings. The van der Waals surface area contributed by atoms with Gasteiger partial charge in [0.15, 0.2) is 0 Å². The van der Waals surface area contributed by atoms with Crippen molar-refractivity contribution in [1.29, 1.82) is 0 Å². The van der Waals surface area contributed by atoms with Crippen LogP contribution in [0.4, 0.5) is 0 Å². The molecule has 0 N–H and O–H groups in total. The molecule has 3 heteroatoms. The lowest BCUT2D eigenvalue weighted by Gasteiger charge is -2.36. The minimum atomic E-state index is 0.481. The quantitative estimate of drug-likeness (QED) is 0.826. The molecule has 0 aliphatic heterocycles. The van der Waals surface area contributed by atoms with Gasteiger partial charge in [0.1, 0.15) is 0 Å². The van der Waals surface area contributed by atoms with Crippen molar-refractivity contribution >= 4 is 0 Å². The van der Waals surface area contributed by atoms with E-state index in [9.17, 15) is 0 Å². The third-order valence-corrected chi connectivity index (χ3v) is 3.72. The molecule has 1 saturated carbocycles. The van der Waals surface area contributed by atoms with E-state index in [-0.39, 0.29) is 0 Å². The minimum Gasteiger partial charge on any atom is -0.480 e. The van der Waals surface area contributed by atoms with Crippen LogP contribution in [-0.4, -0.2) is 17.1 Å². The summed E-state index contributed by atoms with van der Waals surface area (Å²) in [5.41, 5.74) is 2.45. The van der Waals surface area contributed by atoms with E-state index in [1.165, 1.54) is 18.4 Å². The molecule has 0 amide bonds. The van der Waals surface area contributed by atoms with E-state index < -0.39 is 0 Å². The van der Waals surface area contributed by atoms with Crippen molar-refractivity contribution < 1.29 is 4.74 Å². The van der Waals surface area contributed by atoms with E-state index in [0.29, 0.717) is 17.7 Å². The van der Waals surface area contributed by atoms with E-state index >= 15 is 0 Å². The summed E-state index contributed by atoms with van der Waals surface area (Å²) < 4.78 is 5.14. The SMILES string of the molecule is COc1cncc(C2CCC2c2ccccc2)n1. The molecule has 18 heavy (non-hydrogen) atoms. The Morgan fingerprint density at radius 2 is 1.83 bits per heavy atom. The topological polar surface area (TPSA) is 35.0 Å². The number of hydrogen-bond donors (Lipinski definition) is 0. The smallest absolute Gasteiger partial charge is 0.232 e. The van der Waals surface area contributed by atoms with Crippen molar-refractivity contribution in [1.82, 2.24) is 9.97 Å². The third kappa shape index (κ3) is 1.96. The van der Waals surface area contributed by atoms with Crippen LogP contribution >= 0.6 is 0 Å². The number of hydrogen-bond acceptors (Lipinski definition) is 3. The van der Waals surface area contributed by atoms with Crippen LogP contribution in [0.25, 0.3) is 0 Å². The first kappa shape index (κ1) is 11.2. The van der Waals surface area contributed by atoms with Crippen LogP contribution in [0.1, 0.15) is 35.9 Å². The standard InChI is InChI=1S/C15H16N2O/c1-18-15-10-16-9-14(17-15)13-8-7-12(13)11-5-3-2-4-6-11/h2-6,9-10,12-13H,7-8H2,1H3. The molecule has 0 spiro atoms. The van der Waals surface area contributed by atoms with Crippen molar-refractivity contribution in [2.24, 2.45) is 0 Å². The van der Waals surface area contributed by atoms with Gasteiger partial charge in [0.05, 0.1) is 19.0 Å². The van der Waals surface area contributed by atoms with Crippen LogP contribution < -0.4 is 4.74 Å². The summed E-state index contributed by atoms with van der Waals surface area (Å²) in [6.45, 7) is 0. The van der Waals surface area contributed by atoms with Gasteiger partial charge in [-0.15, -0.1) is 0 Å². The summed E-state index contributed by atoms with van der Waals surface area (Å²) in [6.07, 6.45) is 5.93. The third-order valence-electron chi connectivity index (χ3n) is 3.72. The first-order valence-electron chi connectivity index (χ1n) is 6.29. The summed E-state index contributed by atoms with van der Waals surface area (Å²) in [7, 11) is 1.63. The molecule has 3 nitrogen and oxygen atoms in total. The second-order valence-corrected chi connectivity index (χ2v) is 4.69. The highest BCUT2D eigenvalue weighted by Crippen LogP contribution is 2.48. The minimum absolute atomic E-state index is 0.481. The zero-order valence-electron chi connectivity index (χ0n) is 10.4. The van der Waals surface area contributed by atoms with Gasteiger partial charge >= 0.3 is 0 Å². The second-order valence-electron chi connectivity index (χ2n) is 4.69. The zero-order chi connectivity index (χ0) is 12.4. The maximum atomic E-state index is 5.14. The number of benzene rings is 1. The lowest BCUT2D eigenvalue weighted by Crippen LogP contribution is -2.23. The Labute approximate surface area is 107 Å². The second kappa shape index (κ2) is 4.77. The molecule has 0 bridgehead atoms. The number of ether oxygens (including phenoxy) is 1. The summed E-state index contributed by atoms with van der Waals surface area (Å²) in [6, 6.07) is 10.7. The Balaban J connectivity index is 1.85. The number of nitrogens with zero attached hydrogens (tertiary/aromatic N) is 2. The molecule has 1 fully saturated rings. The Morgan fingerprint density at radius 1 is 1.06 bits per heavy atom. The number of methoxy groups -OCH3 is 1. The first-order chi connectivity index (χ1) is 8.88. The van der Waals surface area contributed by atoms with Gasteiger partial charge in [0.2, 0.25) is 5.88 Å². The van der Waals surface area contributed by atoms with Gasteiger partial charge in [-0.05, 0) is 24.3 Å². The van der Waals surface area contributed by atoms with E-state index in [1.807, 2.05) is 6.20 Å². The molecule has 1 aliphatic carbocycles. The highest BCUT2D eigenvalue weighted by Gasteiger charge is 2.34. The molecule has 0 saturated heterocycles. The fourth-order valence-corrected chi connectivity index (χ4v) is 2.59. The van der Waals surface area contributed by atoms with Crippen LogP contribution in [0, 0.1) is 0 Å². The van der Waals surface area contributed by atoms with Gasteiger partial charge in [-0.3, -0.25) is 4.98 Å². The molecule has 1 heterocycles. The van der Waals surface area contributed by atoms with Crippen molar-refractivity contribution in [3.05, 3.63) is 54.0 Å². The summed E-state index contributed by atoms with van der Waals surface area (Å²) in [5.74, 6) is 1.66. The van der Waals surface area contributed by atoms with Gasteiger partial charge in [0.25, 0.3) is 0 Å². The molecule has 3 rings (SSSR count). The van der Waals surface area contributed by atoms with Crippen LogP contribution in [0.3, 0.4) is 0 Å². The average molecular weight is 240 g/mol. The van der Waals surface area contributed by atoms with E-state index in [1.54, 1.807) is 13.3 Å². The Kier molecular flexibility index (Phi) is 2.97. The fraction of sp³-hybridized carbons (Fsp3) is 0.333. The highest BCUT2D eigenvalue weighted by molar-refractivity contribution is 5.28. The lowest BCUT2D eigenvalue weighted by molar-refractivity contribution is 0.331. The van der Waals surface area contributed by atoms with Crippen molar-refractivity contribution in [2.45, 2.75) is 24.7 Å². The van der Waals surface area contributed by atoms with Crippen molar-refractivity contribution in [2.75, 3.05) is 7.11 Å². The summed E-state index contributed by atoms with van der Waals surface area (Å²) in [5, 5.41) is 0. The van der Waals surface area contributed by atoms with E-state index in [4.69, 9.17) is 4.74 Å². The van der Waals surface area contributed by atoms with E-state index in [2.05, 4.69) is 40.3 Å². The van der Waals surface area contributed by atoms with Crippen LogP contribution in [-0.2, 0) is 0 Å². The van der Waals surface area contributed by atoms with Crippen LogP contribution in [0.15, 0.2) is 42.7 Å². The van der Waals surface area contributed by atoms with Gasteiger partial charge in [-0.25, -0.2) is 4.98 Å². The van der Waals surface area contributed by atoms with E-state index in [0.717, 1.165) is 5.69 Å². The molecule has 1 aliphatic rings. The summed E-state index contributed by atoms with van der Waals surface area (Å²) in [4.78, 5) is 8.70. The number of aromatic nitrogens is 2. The normalized spacial score (nSPS) is 22.3. The predicted octanol–water partition coefficient (Wildman–Crippen LogP) is 3.15. The Morgan fingerprint density at radius 3 is 2.50 bits per heavy atom. The van der Waals surface area contributed by atoms with Crippen LogP contribution in [0.5, 0.6) is 5.88 Å². The summed E-state index contributed by atoms with van der Waals surface area (Å²) >= 11 is 0. The average Bonchev–Trinajstić information content (AvgIpc) is 2.39. The number of rotatable bonds is 3. The first-order valence-corrected chi connectivity index (χ1v) is 6.29. The Hall–Kier alpha value is -1.90. The maximum absolute atomic E-state index is 5.14. The van der Waals surface area contributed by atoms with Gasteiger partial charge < -0.3 is 4.74 Å². The molecule has 2 unspecified atom stereocenters. The molecular weight excluding hydrogens is 224 g/mol. The monoisotopic (exact) mass is 240 g/mol. The van der Waals surface area contributed by atoms with Gasteiger partial charge in [-0.2, -0.15) is 0 Å².